The summed E-state index contributed by atoms with van der Waals surface area (Å²) < 4.78 is 1.46. The van der Waals surface area contributed by atoms with Gasteiger partial charge in [-0.1, -0.05) is 0 Å². The van der Waals surface area contributed by atoms with Crippen molar-refractivity contribution in [2.75, 3.05) is 0 Å². The van der Waals surface area contributed by atoms with Gasteiger partial charge >= 0.3 is 91.7 Å². The molecule has 0 saturated heterocycles. The van der Waals surface area contributed by atoms with E-state index in [1.807, 2.05) is 0 Å². The van der Waals surface area contributed by atoms with Gasteiger partial charge in [0, 0.05) is 0 Å². The average Bonchev–Trinajstić information content (AvgIpc) is 2.10. The topological polar surface area (TPSA) is 63.0 Å². The van der Waals surface area contributed by atoms with Crippen LogP contribution in [-0.2, 0) is 0 Å². The molecular weight excluding hydrogens is 283 g/mol. The average molecular weight is 310 g/mol. The van der Waals surface area contributed by atoms with E-state index in [1.54, 1.807) is 22.5 Å². The Labute approximate surface area is 103 Å². The summed E-state index contributed by atoms with van der Waals surface area (Å²) in [5.41, 5.74) is 0. The summed E-state index contributed by atoms with van der Waals surface area (Å²) in [7, 11) is 0. The minimum Gasteiger partial charge on any atom is -0.412 e. The van der Waals surface area contributed by atoms with Gasteiger partial charge in [-0.15, -0.1) is 0 Å². The van der Waals surface area contributed by atoms with Crippen molar-refractivity contribution in [1.82, 2.24) is 0 Å². The summed E-state index contributed by atoms with van der Waals surface area (Å²) in [6.07, 6.45) is 13.2. The SMILES string of the molecule is CCCCCCCCCC[CH2][Sn].O.O. The molecule has 0 atom stereocenters. The fourth-order valence-corrected chi connectivity index (χ4v) is 2.15. The van der Waals surface area contributed by atoms with E-state index < -0.39 is 0 Å². The molecular formula is C11H27O2Sn. The van der Waals surface area contributed by atoms with Gasteiger partial charge in [0.15, 0.2) is 0 Å². The van der Waals surface area contributed by atoms with Crippen LogP contribution in [0, 0.1) is 0 Å². The van der Waals surface area contributed by atoms with Gasteiger partial charge in [0.1, 0.15) is 0 Å². The van der Waals surface area contributed by atoms with Crippen LogP contribution in [0.3, 0.4) is 0 Å². The van der Waals surface area contributed by atoms with Gasteiger partial charge in [-0.05, 0) is 0 Å². The van der Waals surface area contributed by atoms with Crippen molar-refractivity contribution in [3.63, 3.8) is 0 Å². The molecule has 0 aromatic rings. The second-order valence-corrected chi connectivity index (χ2v) is 5.01. The zero-order valence-electron chi connectivity index (χ0n) is 9.57. The minimum atomic E-state index is 0. The number of rotatable bonds is 9. The molecule has 0 amide bonds. The molecule has 0 aliphatic carbocycles. The van der Waals surface area contributed by atoms with Gasteiger partial charge in [0.2, 0.25) is 0 Å². The van der Waals surface area contributed by atoms with Crippen molar-refractivity contribution in [2.24, 2.45) is 0 Å². The van der Waals surface area contributed by atoms with Crippen molar-refractivity contribution in [2.45, 2.75) is 69.1 Å². The number of unbranched alkanes of at least 4 members (excludes halogenated alkanes) is 8. The van der Waals surface area contributed by atoms with Crippen molar-refractivity contribution < 1.29 is 11.0 Å². The summed E-state index contributed by atoms with van der Waals surface area (Å²) in [5.74, 6) is 0. The van der Waals surface area contributed by atoms with Crippen LogP contribution in [0.15, 0.2) is 0 Å². The van der Waals surface area contributed by atoms with Crippen molar-refractivity contribution >= 4 is 22.5 Å². The molecule has 0 fully saturated rings. The maximum atomic E-state index is 2.28. The molecule has 0 aliphatic heterocycles. The largest absolute Gasteiger partial charge is 0.412 e. The van der Waals surface area contributed by atoms with Crippen LogP contribution < -0.4 is 0 Å². The molecule has 0 aromatic heterocycles. The molecule has 0 bridgehead atoms. The van der Waals surface area contributed by atoms with Crippen molar-refractivity contribution in [1.29, 1.82) is 0 Å². The molecule has 87 valence electrons. The third kappa shape index (κ3) is 18.5. The third-order valence-electron chi connectivity index (χ3n) is 2.28. The Morgan fingerprint density at radius 1 is 0.643 bits per heavy atom. The third-order valence-corrected chi connectivity index (χ3v) is 3.29. The summed E-state index contributed by atoms with van der Waals surface area (Å²) in [6.45, 7) is 2.28. The zero-order chi connectivity index (χ0) is 9.07. The molecule has 0 spiro atoms. The molecule has 3 radical (unpaired) electrons. The Morgan fingerprint density at radius 2 is 1.00 bits per heavy atom. The molecule has 14 heavy (non-hydrogen) atoms. The number of hydrogen-bond acceptors (Lipinski definition) is 0. The smallest absolute Gasteiger partial charge is 0.412 e. The van der Waals surface area contributed by atoms with Crippen LogP contribution in [0.2, 0.25) is 4.44 Å². The molecule has 0 unspecified atom stereocenters. The molecule has 3 heteroatoms. The second-order valence-electron chi connectivity index (χ2n) is 3.58. The van der Waals surface area contributed by atoms with Gasteiger partial charge in [0.05, 0.1) is 0 Å². The molecule has 0 aromatic carbocycles. The molecule has 0 aliphatic rings. The summed E-state index contributed by atoms with van der Waals surface area (Å²) in [5, 5.41) is 0. The van der Waals surface area contributed by atoms with E-state index in [0.29, 0.717) is 0 Å². The first-order valence-electron chi connectivity index (χ1n) is 5.56. The molecule has 0 rings (SSSR count). The first-order chi connectivity index (χ1) is 5.91. The van der Waals surface area contributed by atoms with E-state index in [2.05, 4.69) is 6.92 Å². The van der Waals surface area contributed by atoms with Crippen molar-refractivity contribution in [3.8, 4) is 0 Å². The maximum Gasteiger partial charge on any atom is -0.412 e. The van der Waals surface area contributed by atoms with Gasteiger partial charge < -0.3 is 11.0 Å². The second kappa shape index (κ2) is 19.3. The summed E-state index contributed by atoms with van der Waals surface area (Å²) in [6, 6.07) is 0. The molecule has 0 saturated carbocycles. The van der Waals surface area contributed by atoms with Crippen molar-refractivity contribution in [3.05, 3.63) is 0 Å². The van der Waals surface area contributed by atoms with E-state index in [-0.39, 0.29) is 11.0 Å². The van der Waals surface area contributed by atoms with Crippen LogP contribution in [0.4, 0.5) is 0 Å². The van der Waals surface area contributed by atoms with Gasteiger partial charge in [0.25, 0.3) is 0 Å². The predicted octanol–water partition coefficient (Wildman–Crippen LogP) is 2.45. The zero-order valence-corrected chi connectivity index (χ0v) is 12.4. The Kier molecular flexibility index (Phi) is 27.8. The minimum absolute atomic E-state index is 0. The van der Waals surface area contributed by atoms with E-state index in [9.17, 15) is 0 Å². The summed E-state index contributed by atoms with van der Waals surface area (Å²) in [4.78, 5) is 0. The van der Waals surface area contributed by atoms with Crippen LogP contribution in [0.25, 0.3) is 0 Å². The Bertz CT molecular complexity index is 69.7. The molecule has 2 nitrogen and oxygen atoms in total. The van der Waals surface area contributed by atoms with Crippen LogP contribution in [0.1, 0.15) is 64.7 Å². The molecule has 4 N–H and O–H groups in total. The van der Waals surface area contributed by atoms with Gasteiger partial charge in [-0.3, -0.25) is 0 Å². The first kappa shape index (κ1) is 20.2. The maximum absolute atomic E-state index is 2.28. The van der Waals surface area contributed by atoms with E-state index >= 15 is 0 Å². The van der Waals surface area contributed by atoms with E-state index in [1.165, 1.54) is 62.2 Å². The quantitative estimate of drug-likeness (QED) is 0.464. The number of hydrogen-bond donors (Lipinski definition) is 0. The van der Waals surface area contributed by atoms with Crippen LogP contribution in [0.5, 0.6) is 0 Å². The van der Waals surface area contributed by atoms with Gasteiger partial charge in [-0.25, -0.2) is 0 Å². The Morgan fingerprint density at radius 3 is 1.36 bits per heavy atom. The normalized spacial score (nSPS) is 9.00. The molecule has 0 heterocycles. The fourth-order valence-electron chi connectivity index (χ4n) is 1.44. The van der Waals surface area contributed by atoms with Gasteiger partial charge in [-0.2, -0.15) is 0 Å². The predicted molar refractivity (Wildman–Crippen MR) is 65.0 cm³/mol. The van der Waals surface area contributed by atoms with Crippen LogP contribution >= 0.6 is 0 Å². The van der Waals surface area contributed by atoms with Crippen LogP contribution in [-0.4, -0.2) is 33.5 Å². The van der Waals surface area contributed by atoms with E-state index in [0.717, 1.165) is 0 Å². The Hall–Kier alpha value is 0.719. The monoisotopic (exact) mass is 311 g/mol. The fraction of sp³-hybridized carbons (Fsp3) is 1.00. The standard InChI is InChI=1S/C11H23.2H2O.Sn/c1-3-5-7-9-11-10-8-6-4-2;;;/h1,3-11H2,2H3;2*1H2;. The first-order valence-corrected chi connectivity index (χ1v) is 7.58. The van der Waals surface area contributed by atoms with E-state index in [4.69, 9.17) is 0 Å². The summed E-state index contributed by atoms with van der Waals surface area (Å²) >= 11 is 1.72. The Balaban J connectivity index is -0.000000605.